The lowest BCUT2D eigenvalue weighted by Gasteiger charge is -2.20. The summed E-state index contributed by atoms with van der Waals surface area (Å²) in [5.74, 6) is 0. The Bertz CT molecular complexity index is 185. The zero-order valence-electron chi connectivity index (χ0n) is 6.92. The van der Waals surface area contributed by atoms with Crippen LogP contribution < -0.4 is 0 Å². The van der Waals surface area contributed by atoms with E-state index in [-0.39, 0.29) is 0 Å². The van der Waals surface area contributed by atoms with Crippen LogP contribution in [0.25, 0.3) is 0 Å². The highest BCUT2D eigenvalue weighted by Gasteiger charge is 2.12. The predicted octanol–water partition coefficient (Wildman–Crippen LogP) is 2.32. The van der Waals surface area contributed by atoms with Gasteiger partial charge in [0.15, 0.2) is 0 Å². The Hall–Kier alpha value is -0.720. The molecule has 0 atom stereocenters. The molecular weight excluding hydrogens is 134 g/mol. The van der Waals surface area contributed by atoms with Gasteiger partial charge in [-0.2, -0.15) is 0 Å². The topological polar surface area (TPSA) is 3.24 Å². The van der Waals surface area contributed by atoms with E-state index in [1.807, 2.05) is 0 Å². The second-order valence-electron chi connectivity index (χ2n) is 3.30. The molecule has 1 fully saturated rings. The second kappa shape index (κ2) is 3.12. The van der Waals surface area contributed by atoms with Gasteiger partial charge in [-0.05, 0) is 31.8 Å². The number of allylic oxidation sites excluding steroid dienone is 3. The lowest BCUT2D eigenvalue weighted by atomic mass is 10.1. The van der Waals surface area contributed by atoms with Crippen molar-refractivity contribution >= 4 is 0 Å². The molecular formula is C10H15N. The molecule has 1 nitrogen and oxygen atoms in total. The highest BCUT2D eigenvalue weighted by molar-refractivity contribution is 5.21. The zero-order valence-corrected chi connectivity index (χ0v) is 6.92. The van der Waals surface area contributed by atoms with E-state index in [1.54, 1.807) is 0 Å². The average Bonchev–Trinajstić information content (AvgIpc) is 2.58. The molecule has 11 heavy (non-hydrogen) atoms. The summed E-state index contributed by atoms with van der Waals surface area (Å²) in [4.78, 5) is 2.50. The molecule has 0 spiro atoms. The summed E-state index contributed by atoms with van der Waals surface area (Å²) in [6, 6.07) is 0. The predicted molar refractivity (Wildman–Crippen MR) is 47.3 cm³/mol. The van der Waals surface area contributed by atoms with Crippen LogP contribution in [0.4, 0.5) is 0 Å². The summed E-state index contributed by atoms with van der Waals surface area (Å²) in [7, 11) is 0. The molecule has 1 heteroatoms. The van der Waals surface area contributed by atoms with Crippen molar-refractivity contribution in [3.63, 3.8) is 0 Å². The van der Waals surface area contributed by atoms with Gasteiger partial charge >= 0.3 is 0 Å². The minimum atomic E-state index is 1.23. The van der Waals surface area contributed by atoms with Crippen LogP contribution in [0.3, 0.4) is 0 Å². The Morgan fingerprint density at radius 3 is 2.55 bits per heavy atom. The fourth-order valence-electron chi connectivity index (χ4n) is 1.81. The van der Waals surface area contributed by atoms with Gasteiger partial charge in [-0.15, -0.1) is 0 Å². The van der Waals surface area contributed by atoms with Crippen molar-refractivity contribution in [3.05, 3.63) is 23.9 Å². The summed E-state index contributed by atoms with van der Waals surface area (Å²) >= 11 is 0. The maximum Gasteiger partial charge on any atom is 0.0322 e. The van der Waals surface area contributed by atoms with E-state index < -0.39 is 0 Å². The Labute approximate surface area is 68.4 Å². The highest BCUT2D eigenvalue weighted by atomic mass is 15.1. The lowest BCUT2D eigenvalue weighted by Crippen LogP contribution is -2.17. The van der Waals surface area contributed by atoms with Gasteiger partial charge in [0, 0.05) is 18.8 Å². The first kappa shape index (κ1) is 6.96. The van der Waals surface area contributed by atoms with Crippen molar-refractivity contribution in [3.8, 4) is 0 Å². The van der Waals surface area contributed by atoms with Crippen molar-refractivity contribution in [1.29, 1.82) is 0 Å². The number of hydrogen-bond acceptors (Lipinski definition) is 1. The molecule has 2 rings (SSSR count). The van der Waals surface area contributed by atoms with Crippen molar-refractivity contribution in [2.75, 3.05) is 13.1 Å². The van der Waals surface area contributed by atoms with Crippen LogP contribution in [0.1, 0.15) is 25.7 Å². The molecule has 0 N–H and O–H groups in total. The third kappa shape index (κ3) is 1.47. The van der Waals surface area contributed by atoms with Crippen LogP contribution >= 0.6 is 0 Å². The molecule has 0 amide bonds. The summed E-state index contributed by atoms with van der Waals surface area (Å²) in [6.45, 7) is 2.55. The Morgan fingerprint density at radius 1 is 1.09 bits per heavy atom. The fourth-order valence-corrected chi connectivity index (χ4v) is 1.81. The quantitative estimate of drug-likeness (QED) is 0.553. The second-order valence-corrected chi connectivity index (χ2v) is 3.30. The Balaban J connectivity index is 2.02. The Morgan fingerprint density at radius 2 is 1.91 bits per heavy atom. The monoisotopic (exact) mass is 149 g/mol. The van der Waals surface area contributed by atoms with Gasteiger partial charge in [-0.25, -0.2) is 0 Å². The molecule has 0 aromatic heterocycles. The van der Waals surface area contributed by atoms with E-state index in [0.717, 1.165) is 0 Å². The average molecular weight is 149 g/mol. The SMILES string of the molecule is C1=CC(N2CCCC2)=CCC1. The summed E-state index contributed by atoms with van der Waals surface area (Å²) in [6.07, 6.45) is 12.2. The number of likely N-dealkylation sites (tertiary alicyclic amines) is 1. The first-order valence-corrected chi connectivity index (χ1v) is 4.58. The van der Waals surface area contributed by atoms with Crippen LogP contribution in [-0.4, -0.2) is 18.0 Å². The summed E-state index contributed by atoms with van der Waals surface area (Å²) in [5.41, 5.74) is 1.47. The van der Waals surface area contributed by atoms with Crippen LogP contribution in [0, 0.1) is 0 Å². The summed E-state index contributed by atoms with van der Waals surface area (Å²) < 4.78 is 0. The molecule has 2 aliphatic rings. The van der Waals surface area contributed by atoms with E-state index >= 15 is 0 Å². The molecule has 0 aromatic carbocycles. The number of rotatable bonds is 1. The van der Waals surface area contributed by atoms with E-state index in [9.17, 15) is 0 Å². The van der Waals surface area contributed by atoms with Gasteiger partial charge < -0.3 is 4.90 Å². The third-order valence-corrected chi connectivity index (χ3v) is 2.45. The van der Waals surface area contributed by atoms with Crippen LogP contribution in [0.2, 0.25) is 0 Å². The minimum absolute atomic E-state index is 1.23. The summed E-state index contributed by atoms with van der Waals surface area (Å²) in [5, 5.41) is 0. The van der Waals surface area contributed by atoms with Gasteiger partial charge in [0.05, 0.1) is 0 Å². The van der Waals surface area contributed by atoms with E-state index in [0.29, 0.717) is 0 Å². The van der Waals surface area contributed by atoms with Gasteiger partial charge in [-0.3, -0.25) is 0 Å². The standard InChI is InChI=1S/C10H15N/c1-2-6-10(7-3-1)11-8-4-5-9-11/h2,6-7H,1,3-5,8-9H2. The van der Waals surface area contributed by atoms with Crippen molar-refractivity contribution < 1.29 is 0 Å². The number of hydrogen-bond donors (Lipinski definition) is 0. The zero-order chi connectivity index (χ0) is 7.52. The van der Waals surface area contributed by atoms with Crippen LogP contribution in [0.15, 0.2) is 23.9 Å². The fraction of sp³-hybridized carbons (Fsp3) is 0.600. The largest absolute Gasteiger partial charge is 0.372 e. The first-order chi connectivity index (χ1) is 5.47. The first-order valence-electron chi connectivity index (χ1n) is 4.58. The van der Waals surface area contributed by atoms with Crippen molar-refractivity contribution in [2.45, 2.75) is 25.7 Å². The molecule has 0 bridgehead atoms. The minimum Gasteiger partial charge on any atom is -0.372 e. The Kier molecular flexibility index (Phi) is 1.97. The van der Waals surface area contributed by atoms with Crippen LogP contribution in [0.5, 0.6) is 0 Å². The van der Waals surface area contributed by atoms with Gasteiger partial charge in [0.25, 0.3) is 0 Å². The normalized spacial score (nSPS) is 24.0. The maximum absolute atomic E-state index is 2.50. The molecule has 0 saturated carbocycles. The molecule has 1 heterocycles. The molecule has 0 radical (unpaired) electrons. The van der Waals surface area contributed by atoms with E-state index in [4.69, 9.17) is 0 Å². The molecule has 0 unspecified atom stereocenters. The van der Waals surface area contributed by atoms with Gasteiger partial charge in [-0.1, -0.05) is 12.2 Å². The van der Waals surface area contributed by atoms with Gasteiger partial charge in [0.2, 0.25) is 0 Å². The molecule has 1 aliphatic carbocycles. The van der Waals surface area contributed by atoms with Crippen molar-refractivity contribution in [1.82, 2.24) is 4.90 Å². The third-order valence-electron chi connectivity index (χ3n) is 2.45. The molecule has 1 aliphatic heterocycles. The van der Waals surface area contributed by atoms with E-state index in [2.05, 4.69) is 23.1 Å². The molecule has 0 aromatic rings. The molecule has 1 saturated heterocycles. The lowest BCUT2D eigenvalue weighted by molar-refractivity contribution is 0.436. The van der Waals surface area contributed by atoms with Crippen molar-refractivity contribution in [2.24, 2.45) is 0 Å². The maximum atomic E-state index is 2.50. The smallest absolute Gasteiger partial charge is 0.0322 e. The van der Waals surface area contributed by atoms with Gasteiger partial charge in [0.1, 0.15) is 0 Å². The van der Waals surface area contributed by atoms with E-state index in [1.165, 1.54) is 44.5 Å². The van der Waals surface area contributed by atoms with Crippen LogP contribution in [-0.2, 0) is 0 Å². The molecule has 60 valence electrons. The number of nitrogens with zero attached hydrogens (tertiary/aromatic N) is 1. The highest BCUT2D eigenvalue weighted by Crippen LogP contribution is 2.19.